The van der Waals surface area contributed by atoms with Crippen molar-refractivity contribution in [2.24, 2.45) is 0 Å². The van der Waals surface area contributed by atoms with Crippen molar-refractivity contribution in [3.05, 3.63) is 89.1 Å². The monoisotopic (exact) mass is 511 g/mol. The lowest BCUT2D eigenvalue weighted by Crippen LogP contribution is -2.36. The molecule has 196 valence electrons. The Kier molecular flexibility index (Phi) is 6.68. The normalized spacial score (nSPS) is 21.0. The van der Waals surface area contributed by atoms with Crippen LogP contribution in [0.25, 0.3) is 0 Å². The van der Waals surface area contributed by atoms with E-state index < -0.39 is 0 Å². The van der Waals surface area contributed by atoms with Crippen LogP contribution >= 0.6 is 0 Å². The third kappa shape index (κ3) is 4.58. The summed E-state index contributed by atoms with van der Waals surface area (Å²) in [5.74, 6) is 1.65. The van der Waals surface area contributed by atoms with Crippen LogP contribution in [0.15, 0.2) is 78.0 Å². The van der Waals surface area contributed by atoms with E-state index in [1.165, 1.54) is 5.69 Å². The fraction of sp³-hybridized carbons (Fsp3) is 0.323. The van der Waals surface area contributed by atoms with Crippen molar-refractivity contribution >= 4 is 22.8 Å². The fourth-order valence-corrected chi connectivity index (χ4v) is 5.82. The van der Waals surface area contributed by atoms with Gasteiger partial charge in [-0.25, -0.2) is 0 Å². The first kappa shape index (κ1) is 24.4. The van der Waals surface area contributed by atoms with Crippen molar-refractivity contribution in [3.63, 3.8) is 0 Å². The summed E-state index contributed by atoms with van der Waals surface area (Å²) in [5, 5.41) is 7.30. The van der Waals surface area contributed by atoms with E-state index in [1.54, 1.807) is 14.2 Å². The number of morpholine rings is 1. The number of allylic oxidation sites excluding steroid dienone is 1. The Morgan fingerprint density at radius 2 is 1.66 bits per heavy atom. The molecule has 7 nitrogen and oxygen atoms in total. The minimum absolute atomic E-state index is 0.0200. The third-order valence-corrected chi connectivity index (χ3v) is 7.79. The number of benzene rings is 3. The maximum atomic E-state index is 13.9. The Hall–Kier alpha value is -3.97. The molecule has 0 aromatic heterocycles. The highest BCUT2D eigenvalue weighted by Crippen LogP contribution is 2.46. The molecule has 1 saturated heterocycles. The van der Waals surface area contributed by atoms with Crippen molar-refractivity contribution in [2.45, 2.75) is 24.8 Å². The molecule has 2 N–H and O–H groups in total. The van der Waals surface area contributed by atoms with Crippen molar-refractivity contribution in [3.8, 4) is 11.5 Å². The van der Waals surface area contributed by atoms with Gasteiger partial charge in [-0.05, 0) is 54.4 Å². The summed E-state index contributed by atoms with van der Waals surface area (Å²) in [5.41, 5.74) is 6.95. The largest absolute Gasteiger partial charge is 0.497 e. The molecule has 7 heteroatoms. The molecule has 1 aliphatic carbocycles. The van der Waals surface area contributed by atoms with Crippen LogP contribution in [-0.4, -0.2) is 46.3 Å². The van der Waals surface area contributed by atoms with Crippen LogP contribution in [0.5, 0.6) is 11.5 Å². The van der Waals surface area contributed by atoms with Crippen LogP contribution in [0.4, 0.5) is 17.1 Å². The van der Waals surface area contributed by atoms with Gasteiger partial charge in [0.1, 0.15) is 11.5 Å². The molecule has 2 unspecified atom stereocenters. The average Bonchev–Trinajstić information content (AvgIpc) is 3.14. The first-order valence-electron chi connectivity index (χ1n) is 13.2. The minimum Gasteiger partial charge on any atom is -0.497 e. The van der Waals surface area contributed by atoms with Gasteiger partial charge in [-0.3, -0.25) is 4.79 Å². The Bertz CT molecular complexity index is 1360. The van der Waals surface area contributed by atoms with Gasteiger partial charge in [-0.1, -0.05) is 24.3 Å². The number of nitrogens with one attached hydrogen (secondary N) is 2. The average molecular weight is 512 g/mol. The van der Waals surface area contributed by atoms with Gasteiger partial charge in [-0.2, -0.15) is 0 Å². The van der Waals surface area contributed by atoms with E-state index in [9.17, 15) is 4.79 Å². The summed E-state index contributed by atoms with van der Waals surface area (Å²) in [4.78, 5) is 16.3. The van der Waals surface area contributed by atoms with E-state index in [-0.39, 0.29) is 17.7 Å². The molecule has 6 rings (SSSR count). The lowest BCUT2D eigenvalue weighted by atomic mass is 9.78. The van der Waals surface area contributed by atoms with Gasteiger partial charge in [0.2, 0.25) is 0 Å². The molecule has 2 aliphatic heterocycles. The lowest BCUT2D eigenvalue weighted by Gasteiger charge is -2.31. The molecule has 3 aromatic carbocycles. The molecule has 0 saturated carbocycles. The van der Waals surface area contributed by atoms with Crippen LogP contribution < -0.4 is 25.0 Å². The van der Waals surface area contributed by atoms with E-state index in [0.29, 0.717) is 12.8 Å². The Labute approximate surface area is 223 Å². The van der Waals surface area contributed by atoms with Crippen LogP contribution in [0.1, 0.15) is 35.9 Å². The number of para-hydroxylation sites is 2. The number of nitrogens with zero attached hydrogens (tertiary/aromatic N) is 1. The molecule has 0 bridgehead atoms. The summed E-state index contributed by atoms with van der Waals surface area (Å²) < 4.78 is 16.7. The zero-order valence-electron chi connectivity index (χ0n) is 21.8. The Balaban J connectivity index is 1.38. The quantitative estimate of drug-likeness (QED) is 0.467. The predicted molar refractivity (Wildman–Crippen MR) is 149 cm³/mol. The molecule has 2 heterocycles. The van der Waals surface area contributed by atoms with E-state index in [2.05, 4.69) is 51.9 Å². The molecule has 0 radical (unpaired) electrons. The van der Waals surface area contributed by atoms with Crippen molar-refractivity contribution < 1.29 is 19.0 Å². The van der Waals surface area contributed by atoms with Gasteiger partial charge < -0.3 is 29.7 Å². The zero-order chi connectivity index (χ0) is 26.1. The van der Waals surface area contributed by atoms with Crippen LogP contribution in [0.3, 0.4) is 0 Å². The van der Waals surface area contributed by atoms with Gasteiger partial charge in [0.05, 0.1) is 44.8 Å². The van der Waals surface area contributed by atoms with Crippen molar-refractivity contribution in [1.82, 2.24) is 0 Å². The molecule has 0 spiro atoms. The number of methoxy groups -OCH3 is 2. The number of carbonyl (C=O) groups is 1. The maximum absolute atomic E-state index is 13.9. The molecule has 1 fully saturated rings. The highest BCUT2D eigenvalue weighted by atomic mass is 16.5. The number of ether oxygens (including phenoxy) is 3. The van der Waals surface area contributed by atoms with Gasteiger partial charge in [-0.15, -0.1) is 0 Å². The molecule has 2 atom stereocenters. The number of anilines is 3. The van der Waals surface area contributed by atoms with E-state index in [0.717, 1.165) is 71.6 Å². The summed E-state index contributed by atoms with van der Waals surface area (Å²) in [6, 6.07) is 22.3. The molecule has 0 amide bonds. The highest BCUT2D eigenvalue weighted by molar-refractivity contribution is 6.01. The third-order valence-electron chi connectivity index (χ3n) is 7.79. The second kappa shape index (κ2) is 10.4. The number of hydrogen-bond donors (Lipinski definition) is 2. The van der Waals surface area contributed by atoms with Crippen molar-refractivity contribution in [1.29, 1.82) is 0 Å². The van der Waals surface area contributed by atoms with Gasteiger partial charge in [0.15, 0.2) is 5.78 Å². The molecule has 38 heavy (non-hydrogen) atoms. The molecule has 3 aromatic rings. The first-order valence-corrected chi connectivity index (χ1v) is 13.2. The van der Waals surface area contributed by atoms with Crippen molar-refractivity contribution in [2.75, 3.05) is 56.1 Å². The second-order valence-electron chi connectivity index (χ2n) is 9.97. The predicted octanol–water partition coefficient (Wildman–Crippen LogP) is 5.52. The number of hydrogen-bond acceptors (Lipinski definition) is 7. The lowest BCUT2D eigenvalue weighted by molar-refractivity contribution is -0.116. The zero-order valence-corrected chi connectivity index (χ0v) is 21.8. The number of Topliss-reactive ketones (excluding diaryl/α,β-unsaturated/α-hetero) is 1. The second-order valence-corrected chi connectivity index (χ2v) is 9.97. The van der Waals surface area contributed by atoms with Gasteiger partial charge in [0.25, 0.3) is 0 Å². The highest BCUT2D eigenvalue weighted by Gasteiger charge is 2.37. The number of rotatable bonds is 5. The fourth-order valence-electron chi connectivity index (χ4n) is 5.82. The van der Waals surface area contributed by atoms with Gasteiger partial charge in [0, 0.05) is 47.9 Å². The number of carbonyl (C=O) groups excluding carboxylic acids is 1. The Morgan fingerprint density at radius 1 is 0.895 bits per heavy atom. The minimum atomic E-state index is -0.249. The summed E-state index contributed by atoms with van der Waals surface area (Å²) in [7, 11) is 3.32. The maximum Gasteiger partial charge on any atom is 0.163 e. The van der Waals surface area contributed by atoms with Crippen LogP contribution in [0, 0.1) is 0 Å². The van der Waals surface area contributed by atoms with E-state index >= 15 is 0 Å². The number of ketones is 1. The standard InChI is InChI=1S/C31H33N3O4/c1-36-23-11-12-29(37-2)24(19-23)21-17-27-30(28(35)18-21)31(33-26-6-4-3-5-25(26)32-27)20-7-9-22(10-8-20)34-13-15-38-16-14-34/h3-12,19,21,31-33H,13-18H2,1-2H3. The van der Waals surface area contributed by atoms with E-state index in [4.69, 9.17) is 14.2 Å². The first-order chi connectivity index (χ1) is 18.6. The topological polar surface area (TPSA) is 72.1 Å². The Morgan fingerprint density at radius 3 is 2.39 bits per heavy atom. The SMILES string of the molecule is COc1ccc(OC)c(C2CC(=O)C3=C(C2)Nc2ccccc2NC3c2ccc(N3CCOCC3)cc2)c1. The van der Waals surface area contributed by atoms with Gasteiger partial charge >= 0.3 is 0 Å². The van der Waals surface area contributed by atoms with E-state index in [1.807, 2.05) is 30.3 Å². The van der Waals surface area contributed by atoms with Crippen LogP contribution in [-0.2, 0) is 9.53 Å². The molecular formula is C31H33N3O4. The summed E-state index contributed by atoms with van der Waals surface area (Å²) in [6.07, 6.45) is 1.10. The number of fused-ring (bicyclic) bond motifs is 1. The summed E-state index contributed by atoms with van der Waals surface area (Å²) >= 11 is 0. The molecular weight excluding hydrogens is 478 g/mol. The van der Waals surface area contributed by atoms with Crippen LogP contribution in [0.2, 0.25) is 0 Å². The summed E-state index contributed by atoms with van der Waals surface area (Å²) in [6.45, 7) is 3.28. The molecule has 3 aliphatic rings. The smallest absolute Gasteiger partial charge is 0.163 e.